The topological polar surface area (TPSA) is 39.2 Å². The molecular weight excluding hydrogens is 252 g/mol. The molecule has 1 aromatic carbocycles. The van der Waals surface area contributed by atoms with Crippen molar-refractivity contribution < 1.29 is 18.3 Å². The normalized spacial score (nSPS) is 10.3. The maximum absolute atomic E-state index is 13.8. The molecule has 0 unspecified atom stereocenters. The minimum Gasteiger partial charge on any atom is -0.494 e. The van der Waals surface area contributed by atoms with Crippen LogP contribution in [0.25, 0.3) is 0 Å². The van der Waals surface area contributed by atoms with E-state index in [0.29, 0.717) is 0 Å². The summed E-state index contributed by atoms with van der Waals surface area (Å²) in [6.45, 7) is 1.43. The molecule has 0 aliphatic heterocycles. The monoisotopic (exact) mass is 263 g/mol. The van der Waals surface area contributed by atoms with Crippen LogP contribution in [-0.2, 0) is 0 Å². The molecule has 0 atom stereocenters. The third-order valence-corrected chi connectivity index (χ3v) is 2.77. The minimum absolute atomic E-state index is 0.139. The van der Waals surface area contributed by atoms with Crippen LogP contribution >= 0.6 is 0 Å². The SMILES string of the molecule is COc1cnccc1C(=O)c1ccc(C)c(F)c1F. The maximum atomic E-state index is 13.8. The number of ketones is 1. The molecule has 98 valence electrons. The van der Waals surface area contributed by atoms with Crippen LogP contribution in [-0.4, -0.2) is 17.9 Å². The standard InChI is InChI=1S/C14H11F2NO2/c1-8-3-4-10(13(16)12(8)15)14(18)9-5-6-17-7-11(9)19-2/h3-7H,1-2H3. The highest BCUT2D eigenvalue weighted by Gasteiger charge is 2.21. The lowest BCUT2D eigenvalue weighted by atomic mass is 10.0. The van der Waals surface area contributed by atoms with Gasteiger partial charge in [-0.15, -0.1) is 0 Å². The molecule has 1 aromatic heterocycles. The van der Waals surface area contributed by atoms with Gasteiger partial charge < -0.3 is 4.74 Å². The van der Waals surface area contributed by atoms with Gasteiger partial charge in [-0.05, 0) is 24.6 Å². The number of carbonyl (C=O) groups is 1. The Hall–Kier alpha value is -2.30. The summed E-state index contributed by atoms with van der Waals surface area (Å²) in [5.41, 5.74) is -0.0389. The molecule has 0 spiro atoms. The average Bonchev–Trinajstić information content (AvgIpc) is 2.44. The first kappa shape index (κ1) is 13.1. The molecule has 0 bridgehead atoms. The molecule has 19 heavy (non-hydrogen) atoms. The van der Waals surface area contributed by atoms with Crippen molar-refractivity contribution in [1.82, 2.24) is 4.98 Å². The number of hydrogen-bond acceptors (Lipinski definition) is 3. The zero-order valence-electron chi connectivity index (χ0n) is 10.4. The maximum Gasteiger partial charge on any atom is 0.199 e. The molecule has 0 saturated carbocycles. The summed E-state index contributed by atoms with van der Waals surface area (Å²) >= 11 is 0. The van der Waals surface area contributed by atoms with Crippen LogP contribution < -0.4 is 4.74 Å². The second kappa shape index (κ2) is 5.14. The molecular formula is C14H11F2NO2. The Morgan fingerprint density at radius 2 is 1.89 bits per heavy atom. The van der Waals surface area contributed by atoms with Crippen LogP contribution in [0.5, 0.6) is 5.75 Å². The summed E-state index contributed by atoms with van der Waals surface area (Å²) in [5, 5.41) is 0. The van der Waals surface area contributed by atoms with Gasteiger partial charge in [-0.2, -0.15) is 0 Å². The lowest BCUT2D eigenvalue weighted by molar-refractivity contribution is 0.103. The Morgan fingerprint density at radius 1 is 1.16 bits per heavy atom. The van der Waals surface area contributed by atoms with Gasteiger partial charge in [-0.1, -0.05) is 6.07 Å². The fourth-order valence-corrected chi connectivity index (χ4v) is 1.70. The van der Waals surface area contributed by atoms with Crippen molar-refractivity contribution in [3.63, 3.8) is 0 Å². The highest BCUT2D eigenvalue weighted by Crippen LogP contribution is 2.23. The highest BCUT2D eigenvalue weighted by molar-refractivity contribution is 6.10. The second-order valence-corrected chi connectivity index (χ2v) is 3.96. The summed E-state index contributed by atoms with van der Waals surface area (Å²) in [4.78, 5) is 16.0. The third kappa shape index (κ3) is 2.31. The summed E-state index contributed by atoms with van der Waals surface area (Å²) in [7, 11) is 1.37. The Bertz CT molecular complexity index is 641. The number of nitrogens with zero attached hydrogens (tertiary/aromatic N) is 1. The molecule has 0 saturated heterocycles. The molecule has 2 aromatic rings. The smallest absolute Gasteiger partial charge is 0.199 e. The molecule has 0 radical (unpaired) electrons. The van der Waals surface area contributed by atoms with Gasteiger partial charge in [0.05, 0.1) is 24.4 Å². The zero-order valence-corrected chi connectivity index (χ0v) is 10.4. The van der Waals surface area contributed by atoms with Crippen molar-refractivity contribution in [3.8, 4) is 5.75 Å². The Balaban J connectivity index is 2.54. The van der Waals surface area contributed by atoms with Gasteiger partial charge >= 0.3 is 0 Å². The molecule has 0 fully saturated rings. The van der Waals surface area contributed by atoms with Gasteiger partial charge in [-0.25, -0.2) is 8.78 Å². The first-order valence-electron chi connectivity index (χ1n) is 5.53. The summed E-state index contributed by atoms with van der Waals surface area (Å²) in [5.74, 6) is -2.59. The minimum atomic E-state index is -1.15. The predicted octanol–water partition coefficient (Wildman–Crippen LogP) is 2.91. The van der Waals surface area contributed by atoms with Gasteiger partial charge in [-0.3, -0.25) is 9.78 Å². The van der Waals surface area contributed by atoms with E-state index in [2.05, 4.69) is 4.98 Å². The van der Waals surface area contributed by atoms with Gasteiger partial charge in [0.1, 0.15) is 5.75 Å². The number of rotatable bonds is 3. The largest absolute Gasteiger partial charge is 0.494 e. The van der Waals surface area contributed by atoms with Crippen LogP contribution in [0, 0.1) is 18.6 Å². The number of pyridine rings is 1. The van der Waals surface area contributed by atoms with Gasteiger partial charge in [0.2, 0.25) is 0 Å². The van der Waals surface area contributed by atoms with Crippen LogP contribution in [0.4, 0.5) is 8.78 Å². The Kier molecular flexibility index (Phi) is 3.55. The van der Waals surface area contributed by atoms with Crippen molar-refractivity contribution in [1.29, 1.82) is 0 Å². The third-order valence-electron chi connectivity index (χ3n) is 2.77. The van der Waals surface area contributed by atoms with E-state index in [1.54, 1.807) is 0 Å². The molecule has 0 amide bonds. The van der Waals surface area contributed by atoms with Gasteiger partial charge in [0.15, 0.2) is 17.4 Å². The highest BCUT2D eigenvalue weighted by atomic mass is 19.2. The summed E-state index contributed by atoms with van der Waals surface area (Å²) < 4.78 is 32.2. The van der Waals surface area contributed by atoms with E-state index in [9.17, 15) is 13.6 Å². The number of aromatic nitrogens is 1. The first-order valence-corrected chi connectivity index (χ1v) is 5.53. The zero-order chi connectivity index (χ0) is 14.0. The van der Waals surface area contributed by atoms with E-state index in [4.69, 9.17) is 4.74 Å². The lowest BCUT2D eigenvalue weighted by Gasteiger charge is -2.08. The number of halogens is 2. The number of benzene rings is 1. The van der Waals surface area contributed by atoms with Crippen molar-refractivity contribution >= 4 is 5.78 Å². The van der Waals surface area contributed by atoms with Crippen LogP contribution in [0.15, 0.2) is 30.6 Å². The van der Waals surface area contributed by atoms with E-state index < -0.39 is 17.4 Å². The Morgan fingerprint density at radius 3 is 2.58 bits per heavy atom. The summed E-state index contributed by atoms with van der Waals surface area (Å²) in [6.07, 6.45) is 2.73. The van der Waals surface area contributed by atoms with Gasteiger partial charge in [0.25, 0.3) is 0 Å². The second-order valence-electron chi connectivity index (χ2n) is 3.96. The predicted molar refractivity (Wildman–Crippen MR) is 65.3 cm³/mol. The van der Waals surface area contributed by atoms with Crippen LogP contribution in [0.3, 0.4) is 0 Å². The fraction of sp³-hybridized carbons (Fsp3) is 0.143. The van der Waals surface area contributed by atoms with Crippen LogP contribution in [0.1, 0.15) is 21.5 Å². The first-order chi connectivity index (χ1) is 9.06. The van der Waals surface area contributed by atoms with E-state index in [1.807, 2.05) is 0 Å². The molecule has 0 N–H and O–H groups in total. The fourth-order valence-electron chi connectivity index (χ4n) is 1.70. The van der Waals surface area contributed by atoms with Crippen molar-refractivity contribution in [3.05, 3.63) is 58.9 Å². The van der Waals surface area contributed by atoms with Crippen molar-refractivity contribution in [2.75, 3.05) is 7.11 Å². The number of ether oxygens (including phenoxy) is 1. The molecule has 0 aliphatic carbocycles. The Labute approximate surface area is 108 Å². The number of carbonyl (C=O) groups excluding carboxylic acids is 1. The number of methoxy groups -OCH3 is 1. The van der Waals surface area contributed by atoms with Crippen LogP contribution in [0.2, 0.25) is 0 Å². The average molecular weight is 263 g/mol. The molecule has 2 rings (SSSR count). The van der Waals surface area contributed by atoms with E-state index in [0.717, 1.165) is 0 Å². The van der Waals surface area contributed by atoms with E-state index >= 15 is 0 Å². The van der Waals surface area contributed by atoms with Crippen molar-refractivity contribution in [2.24, 2.45) is 0 Å². The van der Waals surface area contributed by atoms with Gasteiger partial charge in [0, 0.05) is 6.20 Å². The van der Waals surface area contributed by atoms with Crippen molar-refractivity contribution in [2.45, 2.75) is 6.92 Å². The quantitative estimate of drug-likeness (QED) is 0.799. The molecule has 3 nitrogen and oxygen atoms in total. The molecule has 5 heteroatoms. The van der Waals surface area contributed by atoms with E-state index in [1.165, 1.54) is 44.6 Å². The number of hydrogen-bond donors (Lipinski definition) is 0. The number of aryl methyl sites for hydroxylation is 1. The lowest BCUT2D eigenvalue weighted by Crippen LogP contribution is -2.08. The molecule has 0 aliphatic rings. The van der Waals surface area contributed by atoms with E-state index in [-0.39, 0.29) is 22.4 Å². The summed E-state index contributed by atoms with van der Waals surface area (Å²) in [6, 6.07) is 4.02. The molecule has 1 heterocycles.